The van der Waals surface area contributed by atoms with Gasteiger partial charge in [0, 0.05) is 10.4 Å². The molecule has 1 amide bonds. The minimum Gasteiger partial charge on any atom is -0.491 e. The van der Waals surface area contributed by atoms with Crippen LogP contribution < -0.4 is 10.1 Å². The second-order valence-corrected chi connectivity index (χ2v) is 7.28. The molecule has 2 aromatic rings. The molecule has 0 fully saturated rings. The molecular formula is C19H20N2O2S. The number of aryl methyl sites for hydroxylation is 1. The Bertz CT molecular complexity index is 785. The lowest BCUT2D eigenvalue weighted by Crippen LogP contribution is -2.12. The zero-order valence-electron chi connectivity index (χ0n) is 13.9. The fourth-order valence-electron chi connectivity index (χ4n) is 2.90. The lowest BCUT2D eigenvalue weighted by atomic mass is 9.96. The first-order chi connectivity index (χ1) is 11.6. The SMILES string of the molecule is CC(C)Oc1ccc(C(=O)Nc2sc3c(c2C#N)CCCC3)cc1. The Morgan fingerprint density at radius 1 is 1.25 bits per heavy atom. The maximum Gasteiger partial charge on any atom is 0.256 e. The molecule has 0 spiro atoms. The number of hydrogen-bond donors (Lipinski definition) is 1. The standard InChI is InChI=1S/C19H20N2O2S/c1-12(2)23-14-9-7-13(8-10-14)18(22)21-19-16(11-20)15-5-3-4-6-17(15)24-19/h7-10,12H,3-6H2,1-2H3,(H,21,22). The quantitative estimate of drug-likeness (QED) is 0.889. The van der Waals surface area contributed by atoms with Gasteiger partial charge in [0.25, 0.3) is 5.91 Å². The van der Waals surface area contributed by atoms with Crippen LogP contribution in [0.3, 0.4) is 0 Å². The molecule has 5 heteroatoms. The first kappa shape index (κ1) is 16.5. The molecule has 0 atom stereocenters. The van der Waals surface area contributed by atoms with Crippen LogP contribution in [-0.4, -0.2) is 12.0 Å². The summed E-state index contributed by atoms with van der Waals surface area (Å²) in [5.41, 5.74) is 2.33. The molecule has 1 aliphatic carbocycles. The van der Waals surface area contributed by atoms with E-state index < -0.39 is 0 Å². The van der Waals surface area contributed by atoms with Crippen LogP contribution in [-0.2, 0) is 12.8 Å². The third-order valence-corrected chi connectivity index (χ3v) is 5.21. The fraction of sp³-hybridized carbons (Fsp3) is 0.368. The number of anilines is 1. The molecule has 1 heterocycles. The number of rotatable bonds is 4. The summed E-state index contributed by atoms with van der Waals surface area (Å²) in [6.45, 7) is 3.92. The summed E-state index contributed by atoms with van der Waals surface area (Å²) in [6, 6.07) is 9.33. The molecule has 4 nitrogen and oxygen atoms in total. The van der Waals surface area contributed by atoms with Gasteiger partial charge >= 0.3 is 0 Å². The van der Waals surface area contributed by atoms with E-state index in [-0.39, 0.29) is 12.0 Å². The molecular weight excluding hydrogens is 320 g/mol. The molecule has 1 N–H and O–H groups in total. The van der Waals surface area contributed by atoms with Crippen molar-refractivity contribution in [2.45, 2.75) is 45.6 Å². The van der Waals surface area contributed by atoms with E-state index in [1.165, 1.54) is 4.88 Å². The second-order valence-electron chi connectivity index (χ2n) is 6.17. The number of benzene rings is 1. The fourth-order valence-corrected chi connectivity index (χ4v) is 4.14. The van der Waals surface area contributed by atoms with Crippen molar-refractivity contribution >= 4 is 22.2 Å². The Labute approximate surface area is 146 Å². The Morgan fingerprint density at radius 3 is 2.62 bits per heavy atom. The topological polar surface area (TPSA) is 62.1 Å². The molecule has 1 aliphatic rings. The van der Waals surface area contributed by atoms with Gasteiger partial charge in [0.15, 0.2) is 0 Å². The number of carbonyl (C=O) groups is 1. The summed E-state index contributed by atoms with van der Waals surface area (Å²) in [7, 11) is 0. The second kappa shape index (κ2) is 7.06. The summed E-state index contributed by atoms with van der Waals surface area (Å²) in [5, 5.41) is 13.0. The Morgan fingerprint density at radius 2 is 1.96 bits per heavy atom. The third kappa shape index (κ3) is 3.44. The van der Waals surface area contributed by atoms with Crippen LogP contribution in [0.2, 0.25) is 0 Å². The largest absolute Gasteiger partial charge is 0.491 e. The van der Waals surface area contributed by atoms with Gasteiger partial charge in [-0.15, -0.1) is 11.3 Å². The van der Waals surface area contributed by atoms with Crippen molar-refractivity contribution in [3.63, 3.8) is 0 Å². The maximum atomic E-state index is 12.5. The van der Waals surface area contributed by atoms with Crippen LogP contribution in [0.5, 0.6) is 5.75 Å². The molecule has 0 bridgehead atoms. The number of hydrogen-bond acceptors (Lipinski definition) is 4. The highest BCUT2D eigenvalue weighted by Crippen LogP contribution is 2.37. The van der Waals surface area contributed by atoms with Gasteiger partial charge < -0.3 is 10.1 Å². The average Bonchev–Trinajstić information content (AvgIpc) is 2.91. The summed E-state index contributed by atoms with van der Waals surface area (Å²) >= 11 is 1.54. The molecule has 1 aromatic carbocycles. The number of fused-ring (bicyclic) bond motifs is 1. The molecule has 124 valence electrons. The molecule has 0 aliphatic heterocycles. The lowest BCUT2D eigenvalue weighted by Gasteiger charge is -2.10. The number of ether oxygens (including phenoxy) is 1. The van der Waals surface area contributed by atoms with Crippen LogP contribution in [0.15, 0.2) is 24.3 Å². The Balaban J connectivity index is 1.78. The monoisotopic (exact) mass is 340 g/mol. The maximum absolute atomic E-state index is 12.5. The van der Waals surface area contributed by atoms with Crippen molar-refractivity contribution in [3.8, 4) is 11.8 Å². The number of nitrogens with one attached hydrogen (secondary N) is 1. The summed E-state index contributed by atoms with van der Waals surface area (Å²) < 4.78 is 5.59. The van der Waals surface area contributed by atoms with Gasteiger partial charge in [0.1, 0.15) is 16.8 Å². The summed E-state index contributed by atoms with van der Waals surface area (Å²) in [6.07, 6.45) is 4.31. The molecule has 3 rings (SSSR count). The van der Waals surface area contributed by atoms with Crippen molar-refractivity contribution < 1.29 is 9.53 Å². The smallest absolute Gasteiger partial charge is 0.256 e. The van der Waals surface area contributed by atoms with Crippen molar-refractivity contribution in [2.75, 3.05) is 5.32 Å². The highest BCUT2D eigenvalue weighted by Gasteiger charge is 2.22. The van der Waals surface area contributed by atoms with Crippen LogP contribution in [0.25, 0.3) is 0 Å². The molecule has 0 unspecified atom stereocenters. The van der Waals surface area contributed by atoms with E-state index in [2.05, 4.69) is 11.4 Å². The molecule has 0 saturated carbocycles. The van der Waals surface area contributed by atoms with E-state index in [9.17, 15) is 10.1 Å². The van der Waals surface area contributed by atoms with Crippen molar-refractivity contribution in [3.05, 3.63) is 45.8 Å². The molecule has 0 saturated heterocycles. The van der Waals surface area contributed by atoms with Crippen LogP contribution in [0, 0.1) is 11.3 Å². The highest BCUT2D eigenvalue weighted by atomic mass is 32.1. The van der Waals surface area contributed by atoms with Gasteiger partial charge in [0.2, 0.25) is 0 Å². The van der Waals surface area contributed by atoms with E-state index in [0.717, 1.165) is 37.0 Å². The van der Waals surface area contributed by atoms with Crippen LogP contribution in [0.4, 0.5) is 5.00 Å². The number of carbonyl (C=O) groups excluding carboxylic acids is 1. The third-order valence-electron chi connectivity index (χ3n) is 4.00. The zero-order chi connectivity index (χ0) is 17.1. The van der Waals surface area contributed by atoms with E-state index in [0.29, 0.717) is 16.1 Å². The first-order valence-corrected chi connectivity index (χ1v) is 9.03. The van der Waals surface area contributed by atoms with Gasteiger partial charge in [-0.25, -0.2) is 0 Å². The van der Waals surface area contributed by atoms with Gasteiger partial charge in [0.05, 0.1) is 11.7 Å². The zero-order valence-corrected chi connectivity index (χ0v) is 14.7. The molecule has 24 heavy (non-hydrogen) atoms. The highest BCUT2D eigenvalue weighted by molar-refractivity contribution is 7.16. The average molecular weight is 340 g/mol. The van der Waals surface area contributed by atoms with Gasteiger partial charge in [-0.1, -0.05) is 0 Å². The number of nitriles is 1. The van der Waals surface area contributed by atoms with Gasteiger partial charge in [-0.2, -0.15) is 5.26 Å². The first-order valence-electron chi connectivity index (χ1n) is 8.21. The predicted octanol–water partition coefficient (Wildman–Crippen LogP) is 4.54. The minimum absolute atomic E-state index is 0.0975. The summed E-state index contributed by atoms with van der Waals surface area (Å²) in [4.78, 5) is 13.7. The Hall–Kier alpha value is -2.32. The van der Waals surface area contributed by atoms with Crippen molar-refractivity contribution in [1.82, 2.24) is 0 Å². The number of nitrogens with zero attached hydrogens (tertiary/aromatic N) is 1. The number of thiophene rings is 1. The van der Waals surface area contributed by atoms with Crippen molar-refractivity contribution in [2.24, 2.45) is 0 Å². The molecule has 0 radical (unpaired) electrons. The van der Waals surface area contributed by atoms with Gasteiger partial charge in [-0.05, 0) is 69.4 Å². The van der Waals surface area contributed by atoms with Crippen LogP contribution >= 0.6 is 11.3 Å². The van der Waals surface area contributed by atoms with Gasteiger partial charge in [-0.3, -0.25) is 4.79 Å². The van der Waals surface area contributed by atoms with E-state index >= 15 is 0 Å². The van der Waals surface area contributed by atoms with E-state index in [1.807, 2.05) is 13.8 Å². The summed E-state index contributed by atoms with van der Waals surface area (Å²) in [5.74, 6) is 0.548. The normalized spacial score (nSPS) is 13.2. The van der Waals surface area contributed by atoms with Crippen molar-refractivity contribution in [1.29, 1.82) is 5.26 Å². The minimum atomic E-state index is -0.193. The van der Waals surface area contributed by atoms with E-state index in [4.69, 9.17) is 4.74 Å². The molecule has 1 aromatic heterocycles. The Kier molecular flexibility index (Phi) is 4.86. The lowest BCUT2D eigenvalue weighted by molar-refractivity contribution is 0.102. The predicted molar refractivity (Wildman–Crippen MR) is 95.8 cm³/mol. The number of amides is 1. The van der Waals surface area contributed by atoms with Crippen LogP contribution in [0.1, 0.15) is 53.1 Å². The van der Waals surface area contributed by atoms with E-state index in [1.54, 1.807) is 35.6 Å².